The van der Waals surface area contributed by atoms with Crippen LogP contribution in [0.2, 0.25) is 0 Å². The molecule has 0 heterocycles. The Morgan fingerprint density at radius 3 is 2.76 bits per heavy atom. The van der Waals surface area contributed by atoms with E-state index < -0.39 is 5.25 Å². The number of nitrogens with two attached hydrogens (primary N) is 1. The fourth-order valence-corrected chi connectivity index (χ4v) is 2.39. The summed E-state index contributed by atoms with van der Waals surface area (Å²) in [7, 11) is 3.13. The Morgan fingerprint density at radius 1 is 1.47 bits per heavy atom. The van der Waals surface area contributed by atoms with Crippen molar-refractivity contribution in [3.63, 3.8) is 0 Å². The van der Waals surface area contributed by atoms with Gasteiger partial charge in [0, 0.05) is 7.11 Å². The molecule has 3 N–H and O–H groups in total. The van der Waals surface area contributed by atoms with Crippen molar-refractivity contribution in [3.05, 3.63) is 24.3 Å². The Labute approximate surface area is 105 Å². The van der Waals surface area contributed by atoms with Crippen molar-refractivity contribution < 1.29 is 14.3 Å². The average Bonchev–Trinajstić information content (AvgIpc) is 2.38. The Morgan fingerprint density at radius 2 is 2.18 bits per heavy atom. The molecule has 94 valence electrons. The molecule has 0 saturated carbocycles. The first-order chi connectivity index (χ1) is 8.22. The van der Waals surface area contributed by atoms with Crippen molar-refractivity contribution in [2.24, 2.45) is 5.84 Å². The van der Waals surface area contributed by atoms with E-state index in [9.17, 15) is 4.79 Å². The van der Waals surface area contributed by atoms with E-state index in [4.69, 9.17) is 15.3 Å². The minimum Gasteiger partial charge on any atom is -0.496 e. The first-order valence-corrected chi connectivity index (χ1v) is 5.90. The Balaban J connectivity index is 2.81. The number of hydrogen-bond acceptors (Lipinski definition) is 5. The van der Waals surface area contributed by atoms with Crippen LogP contribution in [0.3, 0.4) is 0 Å². The number of methoxy groups -OCH3 is 2. The number of amides is 1. The third-order valence-corrected chi connectivity index (χ3v) is 3.32. The molecule has 1 rings (SSSR count). The first-order valence-electron chi connectivity index (χ1n) is 5.02. The number of benzene rings is 1. The number of carbonyl (C=O) groups is 1. The second-order valence-corrected chi connectivity index (χ2v) is 4.47. The van der Waals surface area contributed by atoms with Crippen LogP contribution in [0, 0.1) is 0 Å². The number of nitrogens with one attached hydrogen (secondary N) is 1. The highest BCUT2D eigenvalue weighted by atomic mass is 32.2. The molecule has 0 aliphatic carbocycles. The minimum absolute atomic E-state index is 0.275. The fourth-order valence-electron chi connectivity index (χ4n) is 1.28. The van der Waals surface area contributed by atoms with Gasteiger partial charge in [0.25, 0.3) is 0 Å². The van der Waals surface area contributed by atoms with Crippen molar-refractivity contribution in [2.75, 3.05) is 20.8 Å². The van der Waals surface area contributed by atoms with Gasteiger partial charge in [-0.1, -0.05) is 12.1 Å². The molecule has 5 nitrogen and oxygen atoms in total. The van der Waals surface area contributed by atoms with Gasteiger partial charge < -0.3 is 9.47 Å². The molecule has 0 fully saturated rings. The Kier molecular flexibility index (Phi) is 5.82. The summed E-state index contributed by atoms with van der Waals surface area (Å²) in [5.41, 5.74) is 2.13. The topological polar surface area (TPSA) is 73.6 Å². The van der Waals surface area contributed by atoms with Crippen LogP contribution in [-0.4, -0.2) is 32.0 Å². The maximum absolute atomic E-state index is 11.5. The van der Waals surface area contributed by atoms with Crippen molar-refractivity contribution in [3.8, 4) is 5.75 Å². The lowest BCUT2D eigenvalue weighted by Crippen LogP contribution is -2.39. The van der Waals surface area contributed by atoms with Crippen molar-refractivity contribution in [1.82, 2.24) is 5.43 Å². The molecule has 1 unspecified atom stereocenters. The zero-order valence-corrected chi connectivity index (χ0v) is 10.6. The van der Waals surface area contributed by atoms with Crippen LogP contribution in [0.15, 0.2) is 29.2 Å². The predicted molar refractivity (Wildman–Crippen MR) is 66.8 cm³/mol. The maximum atomic E-state index is 11.5. The molecule has 0 spiro atoms. The molecule has 1 aromatic carbocycles. The molecule has 0 aliphatic heterocycles. The molecule has 0 aliphatic rings. The van der Waals surface area contributed by atoms with Crippen LogP contribution >= 0.6 is 11.8 Å². The average molecular weight is 256 g/mol. The Bertz CT molecular complexity index is 373. The first kappa shape index (κ1) is 13.8. The van der Waals surface area contributed by atoms with E-state index >= 15 is 0 Å². The summed E-state index contributed by atoms with van der Waals surface area (Å²) < 4.78 is 10.2. The zero-order chi connectivity index (χ0) is 12.7. The van der Waals surface area contributed by atoms with Gasteiger partial charge in [0.2, 0.25) is 5.91 Å². The second kappa shape index (κ2) is 7.16. The fraction of sp³-hybridized carbons (Fsp3) is 0.364. The summed E-state index contributed by atoms with van der Waals surface area (Å²) in [6.45, 7) is 0.283. The number of hydrogen-bond donors (Lipinski definition) is 2. The summed E-state index contributed by atoms with van der Waals surface area (Å²) in [5.74, 6) is 5.58. The monoisotopic (exact) mass is 256 g/mol. The van der Waals surface area contributed by atoms with E-state index in [0.717, 1.165) is 10.6 Å². The third kappa shape index (κ3) is 3.92. The van der Waals surface area contributed by atoms with E-state index in [1.807, 2.05) is 24.3 Å². The molecular weight excluding hydrogens is 240 g/mol. The van der Waals surface area contributed by atoms with Gasteiger partial charge in [-0.05, 0) is 12.1 Å². The van der Waals surface area contributed by atoms with E-state index in [1.165, 1.54) is 11.8 Å². The van der Waals surface area contributed by atoms with Crippen molar-refractivity contribution in [2.45, 2.75) is 10.1 Å². The van der Waals surface area contributed by atoms with Gasteiger partial charge >= 0.3 is 0 Å². The largest absolute Gasteiger partial charge is 0.496 e. The summed E-state index contributed by atoms with van der Waals surface area (Å²) in [6.07, 6.45) is 0. The highest BCUT2D eigenvalue weighted by Gasteiger charge is 2.20. The van der Waals surface area contributed by atoms with Gasteiger partial charge in [0.1, 0.15) is 11.0 Å². The van der Waals surface area contributed by atoms with E-state index in [-0.39, 0.29) is 12.5 Å². The number of thioether (sulfide) groups is 1. The van der Waals surface area contributed by atoms with Crippen molar-refractivity contribution >= 4 is 17.7 Å². The van der Waals surface area contributed by atoms with E-state index in [2.05, 4.69) is 5.43 Å². The number of para-hydroxylation sites is 1. The lowest BCUT2D eigenvalue weighted by Gasteiger charge is -2.15. The molecule has 6 heteroatoms. The smallest absolute Gasteiger partial charge is 0.249 e. The van der Waals surface area contributed by atoms with Gasteiger partial charge in [-0.2, -0.15) is 0 Å². The SMILES string of the molecule is COCC(Sc1ccccc1OC)C(=O)NN. The summed E-state index contributed by atoms with van der Waals surface area (Å²) in [5, 5.41) is -0.402. The van der Waals surface area contributed by atoms with Crippen LogP contribution in [-0.2, 0) is 9.53 Å². The molecule has 0 saturated heterocycles. The van der Waals surface area contributed by atoms with Gasteiger partial charge in [-0.15, -0.1) is 11.8 Å². The lowest BCUT2D eigenvalue weighted by atomic mass is 10.3. The van der Waals surface area contributed by atoms with Gasteiger partial charge in [-0.25, -0.2) is 5.84 Å². The predicted octanol–water partition coefficient (Wildman–Crippen LogP) is 0.792. The number of ether oxygens (including phenoxy) is 2. The Hall–Kier alpha value is -1.24. The normalized spacial score (nSPS) is 11.9. The minimum atomic E-state index is -0.402. The van der Waals surface area contributed by atoms with Crippen LogP contribution in [0.25, 0.3) is 0 Å². The molecule has 1 aromatic rings. The van der Waals surface area contributed by atoms with Crippen LogP contribution in [0.4, 0.5) is 0 Å². The molecule has 0 bridgehead atoms. The zero-order valence-electron chi connectivity index (χ0n) is 9.80. The number of rotatable bonds is 6. The molecule has 0 radical (unpaired) electrons. The highest BCUT2D eigenvalue weighted by Crippen LogP contribution is 2.32. The van der Waals surface area contributed by atoms with E-state index in [1.54, 1.807) is 14.2 Å². The van der Waals surface area contributed by atoms with Crippen LogP contribution < -0.4 is 16.0 Å². The van der Waals surface area contributed by atoms with Gasteiger partial charge in [-0.3, -0.25) is 10.2 Å². The summed E-state index contributed by atoms with van der Waals surface area (Å²) >= 11 is 1.36. The van der Waals surface area contributed by atoms with Gasteiger partial charge in [0.15, 0.2) is 0 Å². The van der Waals surface area contributed by atoms with Gasteiger partial charge in [0.05, 0.1) is 18.6 Å². The quantitative estimate of drug-likeness (QED) is 0.341. The second-order valence-electron chi connectivity index (χ2n) is 3.22. The van der Waals surface area contributed by atoms with E-state index in [0.29, 0.717) is 0 Å². The number of hydrazine groups is 1. The summed E-state index contributed by atoms with van der Waals surface area (Å²) in [6, 6.07) is 7.48. The highest BCUT2D eigenvalue weighted by molar-refractivity contribution is 8.00. The van der Waals surface area contributed by atoms with Crippen LogP contribution in [0.5, 0.6) is 5.75 Å². The van der Waals surface area contributed by atoms with Crippen molar-refractivity contribution in [1.29, 1.82) is 0 Å². The lowest BCUT2D eigenvalue weighted by molar-refractivity contribution is -0.121. The summed E-state index contributed by atoms with van der Waals surface area (Å²) in [4.78, 5) is 12.4. The molecular formula is C11H16N2O3S. The third-order valence-electron chi connectivity index (χ3n) is 2.09. The molecule has 1 amide bonds. The molecule has 17 heavy (non-hydrogen) atoms. The number of carbonyl (C=O) groups excluding carboxylic acids is 1. The standard InChI is InChI=1S/C11H16N2O3S/c1-15-7-10(11(14)13-12)17-9-6-4-3-5-8(9)16-2/h3-6,10H,7,12H2,1-2H3,(H,13,14). The molecule has 1 atom stereocenters. The maximum Gasteiger partial charge on any atom is 0.249 e. The molecule has 0 aromatic heterocycles. The van der Waals surface area contributed by atoms with Crippen LogP contribution in [0.1, 0.15) is 0 Å².